The van der Waals surface area contributed by atoms with Gasteiger partial charge in [0.25, 0.3) is 0 Å². The van der Waals surface area contributed by atoms with Gasteiger partial charge in [0.1, 0.15) is 0 Å². The lowest BCUT2D eigenvalue weighted by molar-refractivity contribution is -0.198. The Morgan fingerprint density at radius 1 is 1.17 bits per heavy atom. The molecule has 6 aliphatic carbocycles. The number of halogens is 1. The zero-order valence-corrected chi connectivity index (χ0v) is 24.6. The van der Waals surface area contributed by atoms with Crippen molar-refractivity contribution in [2.24, 2.45) is 39.4 Å². The smallest absolute Gasteiger partial charge is 0.309 e. The SMILES string of the molecule is CC1CC23CC24CCC(OC(=O)C2CC2)(C(=O)S)C4(C)CC(O)C3C2(C)Cc3cnn(-c4ccc(F)nc4)c3C=C12. The second-order valence-electron chi connectivity index (χ2n) is 14.4. The average molecular weight is 578 g/mol. The van der Waals surface area contributed by atoms with Crippen LogP contribution < -0.4 is 0 Å². The third-order valence-electron chi connectivity index (χ3n) is 12.7. The summed E-state index contributed by atoms with van der Waals surface area (Å²) in [6.07, 6.45) is 10.9. The van der Waals surface area contributed by atoms with E-state index in [1.165, 1.54) is 17.8 Å². The number of allylic oxidation sites excluding steroid dienone is 1. The molecule has 8 unspecified atom stereocenters. The molecule has 2 spiro atoms. The molecule has 1 N–H and O–H groups in total. The van der Waals surface area contributed by atoms with Crippen molar-refractivity contribution in [2.45, 2.75) is 83.8 Å². The van der Waals surface area contributed by atoms with Crippen molar-refractivity contribution in [3.05, 3.63) is 47.3 Å². The molecule has 0 aliphatic heterocycles. The van der Waals surface area contributed by atoms with Gasteiger partial charge in [0.05, 0.1) is 35.8 Å². The largest absolute Gasteiger partial charge is 0.449 e. The molecule has 2 heterocycles. The molecule has 41 heavy (non-hydrogen) atoms. The lowest BCUT2D eigenvalue weighted by Crippen LogP contribution is -2.63. The van der Waals surface area contributed by atoms with Crippen LogP contribution in [0, 0.1) is 45.4 Å². The van der Waals surface area contributed by atoms with Gasteiger partial charge in [0.15, 0.2) is 5.60 Å². The summed E-state index contributed by atoms with van der Waals surface area (Å²) in [6, 6.07) is 3.03. The van der Waals surface area contributed by atoms with Gasteiger partial charge >= 0.3 is 5.97 Å². The molecule has 8 atom stereocenters. The number of esters is 1. The molecule has 0 bridgehead atoms. The number of hydrogen-bond donors (Lipinski definition) is 2. The van der Waals surface area contributed by atoms with Crippen LogP contribution in [0.1, 0.15) is 77.0 Å². The van der Waals surface area contributed by atoms with Crippen molar-refractivity contribution in [1.82, 2.24) is 14.8 Å². The molecular formula is C32H36FN3O4S. The summed E-state index contributed by atoms with van der Waals surface area (Å²) in [5, 5.41) is 16.4. The molecule has 8 rings (SSSR count). The molecule has 0 radical (unpaired) electrons. The highest BCUT2D eigenvalue weighted by molar-refractivity contribution is 7.96. The topological polar surface area (TPSA) is 94.3 Å². The minimum Gasteiger partial charge on any atom is -0.449 e. The van der Waals surface area contributed by atoms with Gasteiger partial charge in [0, 0.05) is 11.3 Å². The Morgan fingerprint density at radius 2 is 1.95 bits per heavy atom. The predicted octanol–water partition coefficient (Wildman–Crippen LogP) is 5.10. The van der Waals surface area contributed by atoms with Crippen molar-refractivity contribution >= 4 is 29.8 Å². The van der Waals surface area contributed by atoms with E-state index in [-0.39, 0.29) is 45.1 Å². The van der Waals surface area contributed by atoms with Crippen LogP contribution in [0.15, 0.2) is 30.1 Å². The average Bonchev–Trinajstić information content (AvgIpc) is 3.80. The Balaban J connectivity index is 1.20. The first-order valence-corrected chi connectivity index (χ1v) is 15.4. The first-order valence-electron chi connectivity index (χ1n) is 15.0. The number of pyridine rings is 1. The molecule has 9 heteroatoms. The molecule has 5 saturated carbocycles. The lowest BCUT2D eigenvalue weighted by Gasteiger charge is -2.61. The zero-order valence-electron chi connectivity index (χ0n) is 23.7. The molecule has 0 amide bonds. The van der Waals surface area contributed by atoms with E-state index in [2.05, 4.69) is 49.6 Å². The minimum absolute atomic E-state index is 0.0134. The third kappa shape index (κ3) is 3.00. The molecule has 2 aromatic heterocycles. The maximum absolute atomic E-state index is 13.5. The quantitative estimate of drug-likeness (QED) is 0.299. The van der Waals surface area contributed by atoms with Gasteiger partial charge in [-0.15, -0.1) is 12.6 Å². The van der Waals surface area contributed by atoms with Crippen LogP contribution in [0.5, 0.6) is 0 Å². The molecule has 7 nitrogen and oxygen atoms in total. The Labute approximate surface area is 244 Å². The summed E-state index contributed by atoms with van der Waals surface area (Å²) >= 11 is 4.35. The van der Waals surface area contributed by atoms with E-state index in [1.807, 2.05) is 10.9 Å². The number of hydrogen-bond acceptors (Lipinski definition) is 6. The number of aliphatic hydroxyl groups excluding tert-OH is 1. The Morgan fingerprint density at radius 3 is 2.63 bits per heavy atom. The van der Waals surface area contributed by atoms with Crippen molar-refractivity contribution in [3.63, 3.8) is 0 Å². The fourth-order valence-corrected chi connectivity index (χ4v) is 11.4. The van der Waals surface area contributed by atoms with Crippen LogP contribution in [-0.4, -0.2) is 42.7 Å². The number of nitrogens with zero attached hydrogens (tertiary/aromatic N) is 3. The van der Waals surface area contributed by atoms with E-state index in [9.17, 15) is 19.1 Å². The fourth-order valence-electron chi connectivity index (χ4n) is 11.0. The summed E-state index contributed by atoms with van der Waals surface area (Å²) in [4.78, 5) is 30.1. The van der Waals surface area contributed by atoms with Crippen molar-refractivity contribution in [1.29, 1.82) is 0 Å². The second kappa shape index (κ2) is 7.90. The Bertz CT molecular complexity index is 1550. The lowest BCUT2D eigenvalue weighted by atomic mass is 9.44. The van der Waals surface area contributed by atoms with E-state index >= 15 is 0 Å². The number of rotatable bonds is 4. The van der Waals surface area contributed by atoms with Gasteiger partial charge in [-0.05, 0) is 97.3 Å². The fraction of sp³-hybridized carbons (Fsp3) is 0.625. The maximum Gasteiger partial charge on any atom is 0.309 e. The molecule has 6 aliphatic rings. The van der Waals surface area contributed by atoms with Crippen LogP contribution in [0.25, 0.3) is 11.8 Å². The Kier molecular flexibility index (Phi) is 5.03. The zero-order chi connectivity index (χ0) is 28.7. The summed E-state index contributed by atoms with van der Waals surface area (Å²) in [7, 11) is 0. The molecule has 2 aromatic rings. The van der Waals surface area contributed by atoms with Gasteiger partial charge in [-0.1, -0.05) is 26.3 Å². The predicted molar refractivity (Wildman–Crippen MR) is 151 cm³/mol. The molecule has 0 aromatic carbocycles. The first-order chi connectivity index (χ1) is 19.4. The highest BCUT2D eigenvalue weighted by atomic mass is 32.1. The molecule has 216 valence electrons. The summed E-state index contributed by atoms with van der Waals surface area (Å²) < 4.78 is 21.5. The summed E-state index contributed by atoms with van der Waals surface area (Å²) in [6.45, 7) is 6.68. The van der Waals surface area contributed by atoms with Crippen molar-refractivity contribution in [3.8, 4) is 5.69 Å². The Hall–Kier alpha value is -2.52. The van der Waals surface area contributed by atoms with Crippen LogP contribution in [-0.2, 0) is 20.7 Å². The van der Waals surface area contributed by atoms with Gasteiger partial charge in [-0.25, -0.2) is 9.67 Å². The van der Waals surface area contributed by atoms with Crippen LogP contribution >= 0.6 is 12.6 Å². The number of aliphatic hydroxyl groups is 1. The van der Waals surface area contributed by atoms with Crippen LogP contribution in [0.4, 0.5) is 4.39 Å². The minimum atomic E-state index is -1.30. The van der Waals surface area contributed by atoms with Crippen LogP contribution in [0.3, 0.4) is 0 Å². The van der Waals surface area contributed by atoms with Gasteiger partial charge in [0.2, 0.25) is 11.1 Å². The normalized spacial score (nSPS) is 43.6. The number of ether oxygens (including phenoxy) is 1. The van der Waals surface area contributed by atoms with Gasteiger partial charge < -0.3 is 9.84 Å². The molecular weight excluding hydrogens is 541 g/mol. The molecule has 0 saturated heterocycles. The monoisotopic (exact) mass is 577 g/mol. The first kappa shape index (κ1) is 26.1. The molecule has 5 fully saturated rings. The summed E-state index contributed by atoms with van der Waals surface area (Å²) in [5.74, 6) is -0.651. The second-order valence-corrected chi connectivity index (χ2v) is 14.8. The summed E-state index contributed by atoms with van der Waals surface area (Å²) in [5.41, 5.74) is 1.54. The van der Waals surface area contributed by atoms with E-state index < -0.39 is 23.1 Å². The number of carbonyl (C=O) groups excluding carboxylic acids is 2. The van der Waals surface area contributed by atoms with Crippen molar-refractivity contribution < 1.29 is 23.8 Å². The number of aromatic nitrogens is 3. The van der Waals surface area contributed by atoms with E-state index in [0.29, 0.717) is 18.5 Å². The van der Waals surface area contributed by atoms with E-state index in [0.717, 1.165) is 49.8 Å². The van der Waals surface area contributed by atoms with Crippen LogP contribution in [0.2, 0.25) is 0 Å². The third-order valence-corrected chi connectivity index (χ3v) is 13.0. The van der Waals surface area contributed by atoms with Gasteiger partial charge in [-0.2, -0.15) is 9.49 Å². The van der Waals surface area contributed by atoms with E-state index in [4.69, 9.17) is 4.74 Å². The number of fused-ring (bicyclic) bond motifs is 3. The number of carbonyl (C=O) groups is 2. The standard InChI is InChI=1S/C32H36FN3O4S/c1-17-11-30-16-31(30)8-9-32(27(39)41,40-26(38)18-4-5-18)29(31,3)13-23(37)25(30)28(2)12-19-14-35-36(22(19)10-21(17)28)20-6-7-24(33)34-15-20/h6-7,10,14-15,17-18,23,25,37H,4-5,8-9,11-13,16H2,1-3H3,(H,39,41). The van der Waals surface area contributed by atoms with E-state index in [1.54, 1.807) is 6.07 Å². The highest BCUT2D eigenvalue weighted by Crippen LogP contribution is 2.91. The van der Waals surface area contributed by atoms with Crippen molar-refractivity contribution in [2.75, 3.05) is 0 Å². The van der Waals surface area contributed by atoms with Gasteiger partial charge in [-0.3, -0.25) is 9.59 Å². The maximum atomic E-state index is 13.5. The number of thiol groups is 1. The highest BCUT2D eigenvalue weighted by Gasteiger charge is 2.89.